The second-order valence-corrected chi connectivity index (χ2v) is 7.99. The molecule has 8 heteroatoms. The molecule has 0 radical (unpaired) electrons. The Morgan fingerprint density at radius 3 is 2.44 bits per heavy atom. The average Bonchev–Trinajstić information content (AvgIpc) is 3.13. The Balaban J connectivity index is 1.62. The molecule has 0 spiro atoms. The Bertz CT molecular complexity index is 947. The SMILES string of the molecule is O=S1CCN(c2ccc(-c3cnn(-c4ccc(F)cn4)c3CO)cc2)CC1. The van der Waals surface area contributed by atoms with Gasteiger partial charge in [0.05, 0.1) is 24.7 Å². The van der Waals surface area contributed by atoms with E-state index in [0.717, 1.165) is 36.1 Å². The first-order valence-corrected chi connectivity index (χ1v) is 10.1. The van der Waals surface area contributed by atoms with Crippen molar-refractivity contribution in [2.24, 2.45) is 0 Å². The first-order valence-electron chi connectivity index (χ1n) is 8.66. The lowest BCUT2D eigenvalue weighted by Gasteiger charge is -2.28. The van der Waals surface area contributed by atoms with E-state index in [2.05, 4.69) is 15.0 Å². The molecule has 1 aliphatic heterocycles. The van der Waals surface area contributed by atoms with Gasteiger partial charge in [0.1, 0.15) is 5.82 Å². The lowest BCUT2D eigenvalue weighted by molar-refractivity contribution is 0.273. The van der Waals surface area contributed by atoms with Gasteiger partial charge in [0.2, 0.25) is 0 Å². The van der Waals surface area contributed by atoms with Gasteiger partial charge >= 0.3 is 0 Å². The maximum Gasteiger partial charge on any atom is 0.153 e. The predicted molar refractivity (Wildman–Crippen MR) is 103 cm³/mol. The van der Waals surface area contributed by atoms with E-state index in [4.69, 9.17) is 0 Å². The molecule has 1 aromatic carbocycles. The number of hydrogen-bond donors (Lipinski definition) is 1. The Labute approximate surface area is 158 Å². The maximum atomic E-state index is 13.1. The van der Waals surface area contributed by atoms with Crippen molar-refractivity contribution in [2.45, 2.75) is 6.61 Å². The largest absolute Gasteiger partial charge is 0.390 e. The zero-order valence-electron chi connectivity index (χ0n) is 14.6. The van der Waals surface area contributed by atoms with Gasteiger partial charge in [-0.1, -0.05) is 12.1 Å². The number of aromatic nitrogens is 3. The molecule has 140 valence electrons. The summed E-state index contributed by atoms with van der Waals surface area (Å²) in [7, 11) is -0.700. The molecule has 3 aromatic rings. The maximum absolute atomic E-state index is 13.1. The molecule has 27 heavy (non-hydrogen) atoms. The standard InChI is InChI=1S/C19H19FN4O2S/c20-15-3-6-19(21-11-15)24-18(13-25)17(12-22-24)14-1-4-16(5-2-14)23-7-9-27(26)10-8-23/h1-6,11-12,25H,7-10,13H2. The molecule has 0 aliphatic carbocycles. The van der Waals surface area contributed by atoms with Gasteiger partial charge in [-0.25, -0.2) is 14.1 Å². The molecule has 0 atom stereocenters. The summed E-state index contributed by atoms with van der Waals surface area (Å²) in [6, 6.07) is 10.9. The quantitative estimate of drug-likeness (QED) is 0.744. The molecule has 1 saturated heterocycles. The summed E-state index contributed by atoms with van der Waals surface area (Å²) >= 11 is 0. The smallest absolute Gasteiger partial charge is 0.153 e. The van der Waals surface area contributed by atoms with Gasteiger partial charge in [-0.3, -0.25) is 4.21 Å². The molecule has 3 heterocycles. The van der Waals surface area contributed by atoms with Crippen molar-refractivity contribution in [1.82, 2.24) is 14.8 Å². The van der Waals surface area contributed by atoms with Crippen LogP contribution in [0.3, 0.4) is 0 Å². The Kier molecular flexibility index (Phi) is 5.00. The second-order valence-electron chi connectivity index (χ2n) is 6.29. The second kappa shape index (κ2) is 7.58. The first kappa shape index (κ1) is 17.8. The molecule has 0 unspecified atom stereocenters. The van der Waals surface area contributed by atoms with Gasteiger partial charge in [-0.15, -0.1) is 0 Å². The van der Waals surface area contributed by atoms with E-state index < -0.39 is 16.6 Å². The van der Waals surface area contributed by atoms with Gasteiger partial charge in [-0.2, -0.15) is 5.10 Å². The number of pyridine rings is 1. The van der Waals surface area contributed by atoms with Crippen LogP contribution in [0, 0.1) is 5.82 Å². The number of aliphatic hydroxyl groups is 1. The van der Waals surface area contributed by atoms with Gasteiger partial charge in [0.15, 0.2) is 5.82 Å². The fourth-order valence-electron chi connectivity index (χ4n) is 3.21. The van der Waals surface area contributed by atoms with Crippen LogP contribution in [0.2, 0.25) is 0 Å². The summed E-state index contributed by atoms with van der Waals surface area (Å²) in [6.45, 7) is 1.37. The molecule has 0 bridgehead atoms. The van der Waals surface area contributed by atoms with Crippen LogP contribution < -0.4 is 4.90 Å². The molecular weight excluding hydrogens is 367 g/mol. The molecule has 1 fully saturated rings. The van der Waals surface area contributed by atoms with Crippen LogP contribution in [-0.2, 0) is 17.4 Å². The summed E-state index contributed by atoms with van der Waals surface area (Å²) in [5.41, 5.74) is 3.41. The van der Waals surface area contributed by atoms with E-state index in [1.54, 1.807) is 6.20 Å². The highest BCUT2D eigenvalue weighted by atomic mass is 32.2. The summed E-state index contributed by atoms with van der Waals surface area (Å²) < 4.78 is 26.1. The van der Waals surface area contributed by atoms with E-state index in [0.29, 0.717) is 23.0 Å². The van der Waals surface area contributed by atoms with Crippen LogP contribution in [0.5, 0.6) is 0 Å². The van der Waals surface area contributed by atoms with Gasteiger partial charge in [0.25, 0.3) is 0 Å². The third-order valence-corrected chi connectivity index (χ3v) is 5.94. The Morgan fingerprint density at radius 1 is 1.07 bits per heavy atom. The molecular formula is C19H19FN4O2S. The van der Waals surface area contributed by atoms with Crippen LogP contribution in [0.25, 0.3) is 16.9 Å². The highest BCUT2D eigenvalue weighted by molar-refractivity contribution is 7.85. The number of aliphatic hydroxyl groups excluding tert-OH is 1. The number of rotatable bonds is 4. The van der Waals surface area contributed by atoms with E-state index in [1.165, 1.54) is 16.8 Å². The van der Waals surface area contributed by atoms with Crippen LogP contribution in [0.4, 0.5) is 10.1 Å². The van der Waals surface area contributed by atoms with Crippen molar-refractivity contribution < 1.29 is 13.7 Å². The summed E-state index contributed by atoms with van der Waals surface area (Å²) in [6.07, 6.45) is 2.80. The van der Waals surface area contributed by atoms with Crippen molar-refractivity contribution >= 4 is 16.5 Å². The molecule has 2 aromatic heterocycles. The molecule has 1 N–H and O–H groups in total. The number of nitrogens with zero attached hydrogens (tertiary/aromatic N) is 4. The fraction of sp³-hybridized carbons (Fsp3) is 0.263. The van der Waals surface area contributed by atoms with Crippen molar-refractivity contribution in [3.05, 3.63) is 60.3 Å². The first-order chi connectivity index (χ1) is 13.2. The fourth-order valence-corrected chi connectivity index (χ4v) is 4.26. The summed E-state index contributed by atoms with van der Waals surface area (Å²) in [5, 5.41) is 14.2. The molecule has 4 rings (SSSR count). The minimum Gasteiger partial charge on any atom is -0.390 e. The minimum atomic E-state index is -0.700. The van der Waals surface area contributed by atoms with E-state index in [1.807, 2.05) is 24.3 Å². The lowest BCUT2D eigenvalue weighted by atomic mass is 10.1. The summed E-state index contributed by atoms with van der Waals surface area (Å²) in [5.74, 6) is 1.43. The third kappa shape index (κ3) is 3.63. The van der Waals surface area contributed by atoms with Crippen LogP contribution in [0.15, 0.2) is 48.8 Å². The Morgan fingerprint density at radius 2 is 1.81 bits per heavy atom. The molecule has 1 aliphatic rings. The lowest BCUT2D eigenvalue weighted by Crippen LogP contribution is -2.37. The zero-order chi connectivity index (χ0) is 18.8. The zero-order valence-corrected chi connectivity index (χ0v) is 15.4. The van der Waals surface area contributed by atoms with Crippen molar-refractivity contribution in [2.75, 3.05) is 29.5 Å². The topological polar surface area (TPSA) is 71.2 Å². The van der Waals surface area contributed by atoms with Crippen molar-refractivity contribution in [3.8, 4) is 16.9 Å². The molecule has 0 saturated carbocycles. The highest BCUT2D eigenvalue weighted by Gasteiger charge is 2.17. The van der Waals surface area contributed by atoms with Crippen LogP contribution >= 0.6 is 0 Å². The number of halogens is 1. The normalized spacial score (nSPS) is 15.3. The van der Waals surface area contributed by atoms with Crippen LogP contribution in [-0.4, -0.2) is 48.7 Å². The Hall–Kier alpha value is -2.58. The predicted octanol–water partition coefficient (Wildman–Crippen LogP) is 2.13. The molecule has 0 amide bonds. The van der Waals surface area contributed by atoms with E-state index >= 15 is 0 Å². The monoisotopic (exact) mass is 386 g/mol. The van der Waals surface area contributed by atoms with Crippen LogP contribution in [0.1, 0.15) is 5.69 Å². The average molecular weight is 386 g/mol. The molecule has 6 nitrogen and oxygen atoms in total. The van der Waals surface area contributed by atoms with Crippen molar-refractivity contribution in [3.63, 3.8) is 0 Å². The number of benzene rings is 1. The van der Waals surface area contributed by atoms with E-state index in [9.17, 15) is 13.7 Å². The van der Waals surface area contributed by atoms with Gasteiger partial charge in [-0.05, 0) is 29.8 Å². The number of anilines is 1. The number of hydrogen-bond acceptors (Lipinski definition) is 5. The minimum absolute atomic E-state index is 0.214. The van der Waals surface area contributed by atoms with E-state index in [-0.39, 0.29) is 6.61 Å². The van der Waals surface area contributed by atoms with Gasteiger partial charge in [0, 0.05) is 46.6 Å². The summed E-state index contributed by atoms with van der Waals surface area (Å²) in [4.78, 5) is 6.25. The van der Waals surface area contributed by atoms with Crippen molar-refractivity contribution in [1.29, 1.82) is 0 Å². The highest BCUT2D eigenvalue weighted by Crippen LogP contribution is 2.28. The van der Waals surface area contributed by atoms with Gasteiger partial charge < -0.3 is 10.0 Å². The third-order valence-electron chi connectivity index (χ3n) is 4.67.